The number of carbonyl (C=O) groups is 1. The van der Waals surface area contributed by atoms with Crippen LogP contribution in [0.3, 0.4) is 0 Å². The fourth-order valence-corrected chi connectivity index (χ4v) is 4.00. The molecule has 2 saturated heterocycles. The molecule has 0 aromatic heterocycles. The lowest BCUT2D eigenvalue weighted by molar-refractivity contribution is -0.149. The van der Waals surface area contributed by atoms with Gasteiger partial charge in [0.25, 0.3) is 0 Å². The summed E-state index contributed by atoms with van der Waals surface area (Å²) in [6.07, 6.45) is 2.83. The van der Waals surface area contributed by atoms with E-state index in [1.165, 1.54) is 5.56 Å². The van der Waals surface area contributed by atoms with Gasteiger partial charge in [-0.1, -0.05) is 30.3 Å². The van der Waals surface area contributed by atoms with Gasteiger partial charge >= 0.3 is 5.97 Å². The van der Waals surface area contributed by atoms with Crippen molar-refractivity contribution in [1.82, 2.24) is 10.2 Å². The number of rotatable bonds is 5. The monoisotopic (exact) mass is 501 g/mol. The van der Waals surface area contributed by atoms with Crippen LogP contribution in [0.1, 0.15) is 37.9 Å². The maximum atomic E-state index is 11.9. The summed E-state index contributed by atoms with van der Waals surface area (Å²) in [5.41, 5.74) is 1.24. The van der Waals surface area contributed by atoms with Gasteiger partial charge in [0.1, 0.15) is 0 Å². The number of aliphatic imine (C=N–C) groups is 1. The molecule has 0 aliphatic carbocycles. The third-order valence-electron chi connectivity index (χ3n) is 5.49. The number of guanidine groups is 1. The molecule has 2 fully saturated rings. The summed E-state index contributed by atoms with van der Waals surface area (Å²) in [6.45, 7) is 5.60. The molecule has 2 aliphatic rings. The van der Waals surface area contributed by atoms with Crippen LogP contribution >= 0.6 is 24.0 Å². The minimum Gasteiger partial charge on any atom is -0.466 e. The Morgan fingerprint density at radius 2 is 1.96 bits per heavy atom. The van der Waals surface area contributed by atoms with E-state index in [-0.39, 0.29) is 42.0 Å². The van der Waals surface area contributed by atoms with Gasteiger partial charge in [-0.3, -0.25) is 9.79 Å². The fourth-order valence-electron chi connectivity index (χ4n) is 4.00. The van der Waals surface area contributed by atoms with E-state index in [2.05, 4.69) is 39.5 Å². The van der Waals surface area contributed by atoms with Crippen LogP contribution in [0.5, 0.6) is 0 Å². The standard InChI is InChI=1S/C21H31N3O3.HI/c1-3-26-20(25)17-9-12-24(13-10-17)21(22-2)23-15-18-11-14-27-19(18)16-7-5-4-6-8-16;/h4-8,17-19H,3,9-15H2,1-2H3,(H,22,23);1H. The van der Waals surface area contributed by atoms with E-state index in [4.69, 9.17) is 9.47 Å². The number of nitrogens with one attached hydrogen (secondary N) is 1. The molecule has 2 atom stereocenters. The van der Waals surface area contributed by atoms with Gasteiger partial charge in [0.15, 0.2) is 5.96 Å². The summed E-state index contributed by atoms with van der Waals surface area (Å²) in [7, 11) is 1.82. The number of hydrogen-bond acceptors (Lipinski definition) is 4. The number of ether oxygens (including phenoxy) is 2. The molecule has 1 N–H and O–H groups in total. The van der Waals surface area contributed by atoms with Gasteiger partial charge in [-0.2, -0.15) is 0 Å². The average molecular weight is 501 g/mol. The number of piperidine rings is 1. The molecular formula is C21H32IN3O3. The molecule has 0 saturated carbocycles. The second-order valence-electron chi connectivity index (χ2n) is 7.19. The summed E-state index contributed by atoms with van der Waals surface area (Å²) in [5, 5.41) is 3.53. The van der Waals surface area contributed by atoms with Gasteiger partial charge in [-0.25, -0.2) is 0 Å². The Hall–Kier alpha value is -1.35. The zero-order valence-corrected chi connectivity index (χ0v) is 19.1. The zero-order valence-electron chi connectivity index (χ0n) is 16.8. The first-order chi connectivity index (χ1) is 13.2. The van der Waals surface area contributed by atoms with Crippen LogP contribution < -0.4 is 5.32 Å². The third-order valence-corrected chi connectivity index (χ3v) is 5.49. The van der Waals surface area contributed by atoms with Gasteiger partial charge in [0.2, 0.25) is 0 Å². The van der Waals surface area contributed by atoms with E-state index in [0.717, 1.165) is 51.5 Å². The third kappa shape index (κ3) is 5.83. The van der Waals surface area contributed by atoms with E-state index >= 15 is 0 Å². The lowest BCUT2D eigenvalue weighted by atomic mass is 9.95. The second-order valence-corrected chi connectivity index (χ2v) is 7.19. The molecule has 7 heteroatoms. The predicted molar refractivity (Wildman–Crippen MR) is 121 cm³/mol. The Bertz CT molecular complexity index is 633. The van der Waals surface area contributed by atoms with Crippen LogP contribution in [0.4, 0.5) is 0 Å². The van der Waals surface area contributed by atoms with Crippen molar-refractivity contribution in [3.8, 4) is 0 Å². The summed E-state index contributed by atoms with van der Waals surface area (Å²) in [5.74, 6) is 1.30. The number of carbonyl (C=O) groups excluding carboxylic acids is 1. The molecule has 0 spiro atoms. The fraction of sp³-hybridized carbons (Fsp3) is 0.619. The summed E-state index contributed by atoms with van der Waals surface area (Å²) in [4.78, 5) is 18.6. The number of benzene rings is 1. The normalized spacial score (nSPS) is 23.2. The Morgan fingerprint density at radius 3 is 2.61 bits per heavy atom. The van der Waals surface area contributed by atoms with Crippen molar-refractivity contribution in [2.45, 2.75) is 32.3 Å². The van der Waals surface area contributed by atoms with Crippen molar-refractivity contribution in [1.29, 1.82) is 0 Å². The molecule has 1 aromatic rings. The lowest BCUT2D eigenvalue weighted by Crippen LogP contribution is -2.47. The molecule has 3 rings (SSSR count). The van der Waals surface area contributed by atoms with Gasteiger partial charge < -0.3 is 19.7 Å². The molecule has 0 radical (unpaired) electrons. The Labute approximate surface area is 185 Å². The number of halogens is 1. The van der Waals surface area contributed by atoms with Crippen LogP contribution in [-0.4, -0.2) is 56.7 Å². The van der Waals surface area contributed by atoms with Crippen molar-refractivity contribution in [3.05, 3.63) is 35.9 Å². The molecule has 2 unspecified atom stereocenters. The zero-order chi connectivity index (χ0) is 19.1. The highest BCUT2D eigenvalue weighted by Crippen LogP contribution is 2.34. The lowest BCUT2D eigenvalue weighted by Gasteiger charge is -2.34. The molecule has 1 aromatic carbocycles. The Balaban J connectivity index is 0.00000280. The Morgan fingerprint density at radius 1 is 1.25 bits per heavy atom. The van der Waals surface area contributed by atoms with Crippen molar-refractivity contribution in [2.24, 2.45) is 16.8 Å². The van der Waals surface area contributed by atoms with Crippen molar-refractivity contribution in [2.75, 3.05) is 39.9 Å². The van der Waals surface area contributed by atoms with Gasteiger partial charge in [0.05, 0.1) is 18.6 Å². The quantitative estimate of drug-likeness (QED) is 0.291. The van der Waals surface area contributed by atoms with Crippen molar-refractivity contribution in [3.63, 3.8) is 0 Å². The minimum atomic E-state index is -0.0612. The average Bonchev–Trinajstić information content (AvgIpc) is 3.18. The molecule has 6 nitrogen and oxygen atoms in total. The second kappa shape index (κ2) is 11.6. The first-order valence-electron chi connectivity index (χ1n) is 10.0. The Kier molecular flexibility index (Phi) is 9.50. The van der Waals surface area contributed by atoms with Crippen LogP contribution in [0.15, 0.2) is 35.3 Å². The van der Waals surface area contributed by atoms with Crippen LogP contribution in [0.25, 0.3) is 0 Å². The maximum absolute atomic E-state index is 11.9. The molecule has 0 bridgehead atoms. The number of likely N-dealkylation sites (tertiary alicyclic amines) is 1. The van der Waals surface area contributed by atoms with Crippen LogP contribution in [0, 0.1) is 11.8 Å². The van der Waals surface area contributed by atoms with Gasteiger partial charge in [-0.05, 0) is 31.7 Å². The van der Waals surface area contributed by atoms with Gasteiger partial charge in [0, 0.05) is 39.2 Å². The number of hydrogen-bond donors (Lipinski definition) is 1. The van der Waals surface area contributed by atoms with E-state index in [1.807, 2.05) is 20.0 Å². The topological polar surface area (TPSA) is 63.2 Å². The van der Waals surface area contributed by atoms with E-state index < -0.39 is 0 Å². The molecule has 2 aliphatic heterocycles. The van der Waals surface area contributed by atoms with E-state index in [9.17, 15) is 4.79 Å². The number of esters is 1. The summed E-state index contributed by atoms with van der Waals surface area (Å²) < 4.78 is 11.1. The van der Waals surface area contributed by atoms with Gasteiger partial charge in [-0.15, -0.1) is 24.0 Å². The molecule has 28 heavy (non-hydrogen) atoms. The largest absolute Gasteiger partial charge is 0.466 e. The van der Waals surface area contributed by atoms with Crippen LogP contribution in [-0.2, 0) is 14.3 Å². The molecule has 2 heterocycles. The highest BCUT2D eigenvalue weighted by atomic mass is 127. The predicted octanol–water partition coefficient (Wildman–Crippen LogP) is 3.23. The first kappa shape index (κ1) is 22.9. The van der Waals surface area contributed by atoms with E-state index in [1.54, 1.807) is 0 Å². The molecule has 156 valence electrons. The van der Waals surface area contributed by atoms with Crippen LogP contribution in [0.2, 0.25) is 0 Å². The SMILES string of the molecule is CCOC(=O)C1CCN(C(=NC)NCC2CCOC2c2ccccc2)CC1.I. The molecular weight excluding hydrogens is 469 g/mol. The summed E-state index contributed by atoms with van der Waals surface area (Å²) in [6, 6.07) is 10.4. The molecule has 0 amide bonds. The van der Waals surface area contributed by atoms with Crippen molar-refractivity contribution >= 4 is 35.9 Å². The summed E-state index contributed by atoms with van der Waals surface area (Å²) >= 11 is 0. The first-order valence-corrected chi connectivity index (χ1v) is 10.0. The highest BCUT2D eigenvalue weighted by Gasteiger charge is 2.31. The van der Waals surface area contributed by atoms with Crippen molar-refractivity contribution < 1.29 is 14.3 Å². The number of nitrogens with zero attached hydrogens (tertiary/aromatic N) is 2. The minimum absolute atomic E-state index is 0. The smallest absolute Gasteiger partial charge is 0.309 e. The highest BCUT2D eigenvalue weighted by molar-refractivity contribution is 14.0. The van der Waals surface area contributed by atoms with E-state index in [0.29, 0.717) is 12.5 Å². The maximum Gasteiger partial charge on any atom is 0.309 e.